The summed E-state index contributed by atoms with van der Waals surface area (Å²) >= 11 is 11.7. The molecule has 2 rings (SSSR count). The molecule has 0 spiro atoms. The number of nitrogens with one attached hydrogen (secondary N) is 1. The molecule has 7 heteroatoms. The van der Waals surface area contributed by atoms with Crippen molar-refractivity contribution in [2.24, 2.45) is 7.05 Å². The lowest BCUT2D eigenvalue weighted by Crippen LogP contribution is -2.11. The minimum absolute atomic E-state index is 0.0384. The molecule has 2 heterocycles. The SMILES string of the molecule is Cn1c(Cl)c(Cl)c2c(=O)[nH]c(N)nc21. The molecule has 14 heavy (non-hydrogen) atoms. The molecule has 0 aromatic carbocycles. The summed E-state index contributed by atoms with van der Waals surface area (Å²) in [5, 5.41) is 0.719. The Balaban J connectivity index is 3.10. The Kier molecular flexibility index (Phi) is 1.94. The largest absolute Gasteiger partial charge is 0.369 e. The van der Waals surface area contributed by atoms with E-state index in [-0.39, 0.29) is 27.1 Å². The molecule has 2 aromatic rings. The van der Waals surface area contributed by atoms with Crippen LogP contribution in [0.1, 0.15) is 0 Å². The molecule has 74 valence electrons. The van der Waals surface area contributed by atoms with E-state index in [1.54, 1.807) is 7.05 Å². The molecule has 0 fully saturated rings. The van der Waals surface area contributed by atoms with Gasteiger partial charge in [0, 0.05) is 7.05 Å². The maximum absolute atomic E-state index is 11.5. The van der Waals surface area contributed by atoms with Gasteiger partial charge in [0.15, 0.2) is 5.65 Å². The number of aromatic nitrogens is 3. The second-order valence-electron chi connectivity index (χ2n) is 2.81. The summed E-state index contributed by atoms with van der Waals surface area (Å²) in [7, 11) is 1.66. The van der Waals surface area contributed by atoms with Crippen LogP contribution < -0.4 is 11.3 Å². The van der Waals surface area contributed by atoms with Gasteiger partial charge >= 0.3 is 0 Å². The van der Waals surface area contributed by atoms with E-state index in [0.717, 1.165) is 0 Å². The second-order valence-corrected chi connectivity index (χ2v) is 3.55. The van der Waals surface area contributed by atoms with Gasteiger partial charge in [-0.25, -0.2) is 0 Å². The van der Waals surface area contributed by atoms with Crippen molar-refractivity contribution in [2.45, 2.75) is 0 Å². The predicted molar refractivity (Wildman–Crippen MR) is 55.8 cm³/mol. The average Bonchev–Trinajstić information content (AvgIpc) is 2.31. The van der Waals surface area contributed by atoms with Gasteiger partial charge < -0.3 is 10.3 Å². The Hall–Kier alpha value is -1.20. The lowest BCUT2D eigenvalue weighted by molar-refractivity contribution is 0.945. The quantitative estimate of drug-likeness (QED) is 0.716. The van der Waals surface area contributed by atoms with Crippen LogP contribution in [0.3, 0.4) is 0 Å². The summed E-state index contributed by atoms with van der Waals surface area (Å²) in [6.07, 6.45) is 0. The molecule has 0 saturated heterocycles. The number of rotatable bonds is 0. The van der Waals surface area contributed by atoms with Crippen LogP contribution in [0, 0.1) is 0 Å². The van der Waals surface area contributed by atoms with Crippen LogP contribution in [0.15, 0.2) is 4.79 Å². The summed E-state index contributed by atoms with van der Waals surface area (Å²) in [6.45, 7) is 0. The lowest BCUT2D eigenvalue weighted by Gasteiger charge is -1.96. The van der Waals surface area contributed by atoms with Crippen molar-refractivity contribution in [3.63, 3.8) is 0 Å². The van der Waals surface area contributed by atoms with Crippen LogP contribution in [0.4, 0.5) is 5.95 Å². The first-order chi connectivity index (χ1) is 6.52. The van der Waals surface area contributed by atoms with Crippen molar-refractivity contribution in [3.05, 3.63) is 20.5 Å². The first kappa shape index (κ1) is 9.36. The Bertz CT molecular complexity index is 571. The van der Waals surface area contributed by atoms with Crippen LogP contribution in [-0.4, -0.2) is 14.5 Å². The Morgan fingerprint density at radius 2 is 2.14 bits per heavy atom. The van der Waals surface area contributed by atoms with Crippen molar-refractivity contribution in [1.82, 2.24) is 14.5 Å². The second kappa shape index (κ2) is 2.90. The third-order valence-electron chi connectivity index (χ3n) is 1.93. The summed E-state index contributed by atoms with van der Waals surface area (Å²) in [5.41, 5.74) is 5.37. The number of nitrogens with two attached hydrogens (primary N) is 1. The summed E-state index contributed by atoms with van der Waals surface area (Å²) in [6, 6.07) is 0. The zero-order valence-electron chi connectivity index (χ0n) is 7.14. The van der Waals surface area contributed by atoms with Gasteiger partial charge in [-0.05, 0) is 0 Å². The van der Waals surface area contributed by atoms with E-state index < -0.39 is 0 Å². The normalized spacial score (nSPS) is 11.1. The topological polar surface area (TPSA) is 76.7 Å². The van der Waals surface area contributed by atoms with E-state index in [1.807, 2.05) is 0 Å². The minimum Gasteiger partial charge on any atom is -0.369 e. The maximum Gasteiger partial charge on any atom is 0.263 e. The third kappa shape index (κ3) is 1.09. The van der Waals surface area contributed by atoms with Crippen molar-refractivity contribution in [2.75, 3.05) is 5.73 Å². The highest BCUT2D eigenvalue weighted by atomic mass is 35.5. The zero-order chi connectivity index (χ0) is 10.5. The van der Waals surface area contributed by atoms with E-state index >= 15 is 0 Å². The molecule has 0 aliphatic carbocycles. The monoisotopic (exact) mass is 232 g/mol. The van der Waals surface area contributed by atoms with Gasteiger partial charge in [-0.2, -0.15) is 4.98 Å². The minimum atomic E-state index is -0.389. The van der Waals surface area contributed by atoms with Gasteiger partial charge in [-0.1, -0.05) is 23.2 Å². The molecule has 0 atom stereocenters. The fourth-order valence-corrected chi connectivity index (χ4v) is 1.73. The molecule has 0 aliphatic rings. The van der Waals surface area contributed by atoms with E-state index in [1.165, 1.54) is 4.57 Å². The molecular weight excluding hydrogens is 227 g/mol. The zero-order valence-corrected chi connectivity index (χ0v) is 8.65. The molecule has 0 aliphatic heterocycles. The van der Waals surface area contributed by atoms with Gasteiger partial charge in [0.1, 0.15) is 10.5 Å². The summed E-state index contributed by atoms with van der Waals surface area (Å²) < 4.78 is 1.50. The van der Waals surface area contributed by atoms with Crippen LogP contribution in [-0.2, 0) is 7.05 Å². The molecule has 0 radical (unpaired) electrons. The number of anilines is 1. The average molecular weight is 233 g/mol. The molecule has 3 N–H and O–H groups in total. The summed E-state index contributed by atoms with van der Waals surface area (Å²) in [4.78, 5) is 17.7. The fraction of sp³-hybridized carbons (Fsp3) is 0.143. The van der Waals surface area contributed by atoms with Gasteiger partial charge in [0.2, 0.25) is 5.95 Å². The van der Waals surface area contributed by atoms with E-state index in [2.05, 4.69) is 9.97 Å². The van der Waals surface area contributed by atoms with Gasteiger partial charge in [-0.15, -0.1) is 0 Å². The van der Waals surface area contributed by atoms with Crippen molar-refractivity contribution < 1.29 is 0 Å². The molecule has 0 bridgehead atoms. The first-order valence-electron chi connectivity index (χ1n) is 3.71. The van der Waals surface area contributed by atoms with Crippen LogP contribution in [0.5, 0.6) is 0 Å². The maximum atomic E-state index is 11.5. The number of aryl methyl sites for hydroxylation is 1. The Morgan fingerprint density at radius 3 is 2.79 bits per heavy atom. The van der Waals surface area contributed by atoms with Gasteiger partial charge in [0.25, 0.3) is 5.56 Å². The molecular formula is C7H6Cl2N4O. The Labute approximate surface area is 88.4 Å². The van der Waals surface area contributed by atoms with E-state index in [4.69, 9.17) is 28.9 Å². The molecule has 5 nitrogen and oxygen atoms in total. The number of nitrogens with zero attached hydrogens (tertiary/aromatic N) is 2. The lowest BCUT2D eigenvalue weighted by atomic mass is 10.4. The highest BCUT2D eigenvalue weighted by Crippen LogP contribution is 2.29. The van der Waals surface area contributed by atoms with Crippen LogP contribution >= 0.6 is 23.2 Å². The van der Waals surface area contributed by atoms with Crippen molar-refractivity contribution in [1.29, 1.82) is 0 Å². The molecule has 0 amide bonds. The third-order valence-corrected chi connectivity index (χ3v) is 2.84. The smallest absolute Gasteiger partial charge is 0.263 e. The first-order valence-corrected chi connectivity index (χ1v) is 4.47. The standard InChI is InChI=1S/C7H6Cl2N4O/c1-13-4(9)3(8)2-5(13)11-7(10)12-6(2)14/h1H3,(H3,10,11,12,14). The van der Waals surface area contributed by atoms with Crippen LogP contribution in [0.25, 0.3) is 11.0 Å². The van der Waals surface area contributed by atoms with E-state index in [0.29, 0.717) is 5.65 Å². The van der Waals surface area contributed by atoms with Crippen LogP contribution in [0.2, 0.25) is 10.2 Å². The summed E-state index contributed by atoms with van der Waals surface area (Å²) in [5.74, 6) is 0.0384. The molecule has 0 saturated carbocycles. The fourth-order valence-electron chi connectivity index (χ4n) is 1.26. The van der Waals surface area contributed by atoms with Crippen molar-refractivity contribution >= 4 is 40.2 Å². The highest BCUT2D eigenvalue weighted by Gasteiger charge is 2.16. The van der Waals surface area contributed by atoms with E-state index in [9.17, 15) is 4.79 Å². The predicted octanol–water partition coefficient (Wildman–Crippen LogP) is 1.15. The molecule has 0 unspecified atom stereocenters. The molecule has 2 aromatic heterocycles. The van der Waals surface area contributed by atoms with Gasteiger partial charge in [-0.3, -0.25) is 9.78 Å². The number of aromatic amines is 1. The number of halogens is 2. The van der Waals surface area contributed by atoms with Crippen molar-refractivity contribution in [3.8, 4) is 0 Å². The highest BCUT2D eigenvalue weighted by molar-refractivity contribution is 6.45. The van der Waals surface area contributed by atoms with Gasteiger partial charge in [0.05, 0.1) is 5.02 Å². The number of nitrogen functional groups attached to an aromatic ring is 1. The number of H-pyrrole nitrogens is 1. The number of fused-ring (bicyclic) bond motifs is 1. The number of hydrogen-bond acceptors (Lipinski definition) is 3. The number of hydrogen-bond donors (Lipinski definition) is 2. The Morgan fingerprint density at radius 1 is 1.50 bits per heavy atom.